The van der Waals surface area contributed by atoms with Gasteiger partial charge >= 0.3 is 0 Å². The Kier molecular flexibility index (Phi) is 5.49. The molecule has 170 valence electrons. The first kappa shape index (κ1) is 21.0. The summed E-state index contributed by atoms with van der Waals surface area (Å²) in [4.78, 5) is 20.9. The van der Waals surface area contributed by atoms with Crippen LogP contribution in [0, 0.1) is 17.6 Å². The van der Waals surface area contributed by atoms with E-state index in [1.165, 1.54) is 53.6 Å². The highest BCUT2D eigenvalue weighted by Gasteiger charge is 2.34. The van der Waals surface area contributed by atoms with Crippen LogP contribution >= 0.6 is 0 Å². The fraction of sp³-hybridized carbons (Fsp3) is 0.304. The molecule has 1 amide bonds. The van der Waals surface area contributed by atoms with Crippen LogP contribution in [-0.4, -0.2) is 49.9 Å². The maximum absolute atomic E-state index is 14.1. The van der Waals surface area contributed by atoms with E-state index < -0.39 is 11.6 Å². The van der Waals surface area contributed by atoms with Crippen molar-refractivity contribution in [3.63, 3.8) is 0 Å². The van der Waals surface area contributed by atoms with Gasteiger partial charge in [-0.1, -0.05) is 6.92 Å². The lowest BCUT2D eigenvalue weighted by molar-refractivity contribution is 0.0538. The quantitative estimate of drug-likeness (QED) is 0.492. The van der Waals surface area contributed by atoms with Crippen LogP contribution in [0.1, 0.15) is 30.1 Å². The zero-order valence-electron chi connectivity index (χ0n) is 17.9. The largest absolute Gasteiger partial charge is 0.424 e. The van der Waals surface area contributed by atoms with E-state index in [0.29, 0.717) is 29.9 Å². The van der Waals surface area contributed by atoms with Crippen LogP contribution < -0.4 is 5.32 Å². The standard InChI is InChI=1S/C23H22F2N6O2/c1-14-3-2-10-30(20(14)13-26-23-29-18-12-16(25)5-7-21(18)33-23)22(32)17-11-15(24)4-6-19(17)31-27-8-9-28-31/h4-9,11-12,14,20H,2-3,10,13H2,1H3,(H,26,29)/t14-,20-/m1/s1. The molecule has 1 N–H and O–H groups in total. The average molecular weight is 452 g/mol. The number of halogens is 2. The normalized spacial score (nSPS) is 18.6. The predicted molar refractivity (Wildman–Crippen MR) is 117 cm³/mol. The monoisotopic (exact) mass is 452 g/mol. The molecule has 2 aromatic carbocycles. The van der Waals surface area contributed by atoms with Crippen molar-refractivity contribution in [2.45, 2.75) is 25.8 Å². The Hall–Kier alpha value is -3.82. The summed E-state index contributed by atoms with van der Waals surface area (Å²) in [6.07, 6.45) is 4.79. The number of hydrogen-bond donors (Lipinski definition) is 1. The molecule has 1 saturated heterocycles. The van der Waals surface area contributed by atoms with Crippen molar-refractivity contribution in [2.75, 3.05) is 18.4 Å². The van der Waals surface area contributed by atoms with Crippen molar-refractivity contribution in [3.8, 4) is 5.69 Å². The van der Waals surface area contributed by atoms with Crippen molar-refractivity contribution in [3.05, 3.63) is 66.0 Å². The van der Waals surface area contributed by atoms with Gasteiger partial charge in [0.05, 0.1) is 29.7 Å². The van der Waals surface area contributed by atoms with Crippen LogP contribution in [0.2, 0.25) is 0 Å². The second-order valence-corrected chi connectivity index (χ2v) is 8.18. The van der Waals surface area contributed by atoms with Gasteiger partial charge in [0, 0.05) is 19.2 Å². The van der Waals surface area contributed by atoms with Crippen molar-refractivity contribution >= 4 is 23.0 Å². The number of benzene rings is 2. The van der Waals surface area contributed by atoms with Crippen LogP contribution in [-0.2, 0) is 0 Å². The minimum Gasteiger partial charge on any atom is -0.424 e. The number of carbonyl (C=O) groups is 1. The number of fused-ring (bicyclic) bond motifs is 1. The maximum Gasteiger partial charge on any atom is 0.295 e. The van der Waals surface area contributed by atoms with Gasteiger partial charge in [0.25, 0.3) is 11.9 Å². The SMILES string of the molecule is C[C@@H]1CCCN(C(=O)c2cc(F)ccc2-n2nccn2)[C@@H]1CNc1nc2cc(F)ccc2o1. The molecule has 0 spiro atoms. The minimum absolute atomic E-state index is 0.181. The Balaban J connectivity index is 1.40. The van der Waals surface area contributed by atoms with Crippen molar-refractivity contribution in [1.29, 1.82) is 0 Å². The predicted octanol–water partition coefficient (Wildman–Crippen LogP) is 4.04. The summed E-state index contributed by atoms with van der Waals surface area (Å²) in [5, 5.41) is 11.3. The van der Waals surface area contributed by atoms with E-state index in [1.54, 1.807) is 4.90 Å². The molecule has 5 rings (SSSR count). The maximum atomic E-state index is 14.1. The molecule has 0 aliphatic carbocycles. The molecule has 33 heavy (non-hydrogen) atoms. The molecule has 0 bridgehead atoms. The van der Waals surface area contributed by atoms with Gasteiger partial charge < -0.3 is 14.6 Å². The molecular weight excluding hydrogens is 430 g/mol. The van der Waals surface area contributed by atoms with Gasteiger partial charge in [-0.2, -0.15) is 20.0 Å². The number of carbonyl (C=O) groups excluding carboxylic acids is 1. The molecule has 1 fully saturated rings. The smallest absolute Gasteiger partial charge is 0.295 e. The van der Waals surface area contributed by atoms with Gasteiger partial charge in [0.1, 0.15) is 17.2 Å². The van der Waals surface area contributed by atoms with E-state index in [9.17, 15) is 13.6 Å². The second-order valence-electron chi connectivity index (χ2n) is 8.18. The third kappa shape index (κ3) is 4.15. The molecule has 0 unspecified atom stereocenters. The van der Waals surface area contributed by atoms with Gasteiger partial charge in [0.15, 0.2) is 5.58 Å². The van der Waals surface area contributed by atoms with E-state index in [2.05, 4.69) is 27.4 Å². The number of piperidine rings is 1. The molecule has 8 nitrogen and oxygen atoms in total. The zero-order valence-corrected chi connectivity index (χ0v) is 17.9. The molecule has 3 heterocycles. The number of oxazole rings is 1. The summed E-state index contributed by atoms with van der Waals surface area (Å²) in [5.41, 5.74) is 1.50. The highest BCUT2D eigenvalue weighted by Crippen LogP contribution is 2.28. The van der Waals surface area contributed by atoms with Crippen molar-refractivity contribution in [1.82, 2.24) is 24.9 Å². The number of nitrogens with one attached hydrogen (secondary N) is 1. The van der Waals surface area contributed by atoms with Gasteiger partial charge in [-0.3, -0.25) is 4.79 Å². The molecule has 1 aliphatic rings. The lowest BCUT2D eigenvalue weighted by Gasteiger charge is -2.40. The molecule has 0 saturated carbocycles. The number of likely N-dealkylation sites (tertiary alicyclic amines) is 1. The highest BCUT2D eigenvalue weighted by atomic mass is 19.1. The van der Waals surface area contributed by atoms with E-state index in [0.717, 1.165) is 12.8 Å². The van der Waals surface area contributed by atoms with Crippen LogP contribution in [0.5, 0.6) is 0 Å². The first-order chi connectivity index (χ1) is 16.0. The third-order valence-corrected chi connectivity index (χ3v) is 6.01. The molecule has 2 atom stereocenters. The summed E-state index contributed by atoms with van der Waals surface area (Å²) in [6, 6.07) is 8.22. The average Bonchev–Trinajstić information content (AvgIpc) is 3.47. The number of rotatable bonds is 5. The van der Waals surface area contributed by atoms with E-state index >= 15 is 0 Å². The Bertz CT molecular complexity index is 1290. The van der Waals surface area contributed by atoms with Gasteiger partial charge in [0.2, 0.25) is 0 Å². The van der Waals surface area contributed by atoms with Gasteiger partial charge in [-0.15, -0.1) is 0 Å². The Labute approximate surface area is 188 Å². The summed E-state index contributed by atoms with van der Waals surface area (Å²) in [5.74, 6) is -0.998. The van der Waals surface area contributed by atoms with Crippen LogP contribution in [0.3, 0.4) is 0 Å². The van der Waals surface area contributed by atoms with Gasteiger partial charge in [-0.25, -0.2) is 8.78 Å². The first-order valence-electron chi connectivity index (χ1n) is 10.8. The first-order valence-corrected chi connectivity index (χ1v) is 10.8. The summed E-state index contributed by atoms with van der Waals surface area (Å²) in [7, 11) is 0. The summed E-state index contributed by atoms with van der Waals surface area (Å²) < 4.78 is 33.2. The zero-order chi connectivity index (χ0) is 22.9. The molecule has 1 aliphatic heterocycles. The number of hydrogen-bond acceptors (Lipinski definition) is 6. The molecular formula is C23H22F2N6O2. The topological polar surface area (TPSA) is 89.1 Å². The Morgan fingerprint density at radius 2 is 1.91 bits per heavy atom. The van der Waals surface area contributed by atoms with E-state index in [1.807, 2.05) is 0 Å². The lowest BCUT2D eigenvalue weighted by Crippen LogP contribution is -2.51. The molecule has 4 aromatic rings. The number of aromatic nitrogens is 4. The number of nitrogens with zero attached hydrogens (tertiary/aromatic N) is 5. The summed E-state index contributed by atoms with van der Waals surface area (Å²) in [6.45, 7) is 3.00. The Morgan fingerprint density at radius 3 is 2.73 bits per heavy atom. The lowest BCUT2D eigenvalue weighted by atomic mass is 9.90. The third-order valence-electron chi connectivity index (χ3n) is 6.01. The van der Waals surface area contributed by atoms with Crippen molar-refractivity contribution < 1.29 is 18.0 Å². The molecule has 10 heteroatoms. The van der Waals surface area contributed by atoms with Crippen molar-refractivity contribution in [2.24, 2.45) is 5.92 Å². The Morgan fingerprint density at radius 1 is 1.15 bits per heavy atom. The van der Waals surface area contributed by atoms with Gasteiger partial charge in [-0.05, 0) is 49.1 Å². The second kappa shape index (κ2) is 8.61. The minimum atomic E-state index is -0.507. The summed E-state index contributed by atoms with van der Waals surface area (Å²) >= 11 is 0. The van der Waals surface area contributed by atoms with Crippen LogP contribution in [0.25, 0.3) is 16.8 Å². The van der Waals surface area contributed by atoms with Crippen LogP contribution in [0.4, 0.5) is 14.8 Å². The fourth-order valence-corrected chi connectivity index (χ4v) is 4.33. The highest BCUT2D eigenvalue weighted by molar-refractivity contribution is 5.98. The van der Waals surface area contributed by atoms with E-state index in [4.69, 9.17) is 4.42 Å². The molecule has 2 aromatic heterocycles. The fourth-order valence-electron chi connectivity index (χ4n) is 4.33. The number of amides is 1. The molecule has 0 radical (unpaired) electrons. The number of anilines is 1. The van der Waals surface area contributed by atoms with E-state index in [-0.39, 0.29) is 29.4 Å². The van der Waals surface area contributed by atoms with Crippen LogP contribution in [0.15, 0.2) is 53.2 Å².